The molecule has 1 amide bonds. The predicted molar refractivity (Wildman–Crippen MR) is 117 cm³/mol. The first-order valence-corrected chi connectivity index (χ1v) is 10.6. The highest BCUT2D eigenvalue weighted by Gasteiger charge is 2.33. The number of halogens is 2. The fourth-order valence-corrected chi connectivity index (χ4v) is 4.44. The third kappa shape index (κ3) is 3.49. The SMILES string of the molecule is Cc1c(C2CN(C(=O)c3nnn(-c4ccc(F)cc4F)c3C)Cc3ccccc32)cnn1C. The van der Waals surface area contributed by atoms with Crippen LogP contribution in [0, 0.1) is 25.5 Å². The maximum atomic E-state index is 14.3. The van der Waals surface area contributed by atoms with Gasteiger partial charge in [-0.05, 0) is 37.1 Å². The molecule has 1 unspecified atom stereocenters. The van der Waals surface area contributed by atoms with Crippen molar-refractivity contribution in [2.75, 3.05) is 6.54 Å². The van der Waals surface area contributed by atoms with E-state index in [0.29, 0.717) is 18.8 Å². The van der Waals surface area contributed by atoms with Crippen LogP contribution in [0.4, 0.5) is 8.78 Å². The molecule has 1 atom stereocenters. The molecule has 1 aliphatic heterocycles. The quantitative estimate of drug-likeness (QED) is 0.480. The van der Waals surface area contributed by atoms with E-state index in [1.165, 1.54) is 16.3 Å². The van der Waals surface area contributed by atoms with Crippen molar-refractivity contribution in [3.63, 3.8) is 0 Å². The molecule has 1 aliphatic rings. The van der Waals surface area contributed by atoms with Gasteiger partial charge in [-0.2, -0.15) is 5.10 Å². The van der Waals surface area contributed by atoms with Crippen molar-refractivity contribution in [2.24, 2.45) is 7.05 Å². The van der Waals surface area contributed by atoms with E-state index in [2.05, 4.69) is 21.5 Å². The van der Waals surface area contributed by atoms with Gasteiger partial charge in [0.15, 0.2) is 11.5 Å². The van der Waals surface area contributed by atoms with Crippen molar-refractivity contribution in [1.29, 1.82) is 0 Å². The summed E-state index contributed by atoms with van der Waals surface area (Å²) in [6, 6.07) is 11.3. The van der Waals surface area contributed by atoms with Crippen LogP contribution in [-0.2, 0) is 13.6 Å². The molecule has 9 heteroatoms. The van der Waals surface area contributed by atoms with Crippen molar-refractivity contribution in [2.45, 2.75) is 26.3 Å². The van der Waals surface area contributed by atoms with E-state index in [9.17, 15) is 13.6 Å². The Balaban J connectivity index is 1.51. The molecular formula is C24H22F2N6O. The molecule has 0 fully saturated rings. The van der Waals surface area contributed by atoms with Crippen LogP contribution in [0.1, 0.15) is 44.5 Å². The molecule has 0 N–H and O–H groups in total. The summed E-state index contributed by atoms with van der Waals surface area (Å²) in [7, 11) is 1.90. The van der Waals surface area contributed by atoms with E-state index >= 15 is 0 Å². The maximum absolute atomic E-state index is 14.3. The lowest BCUT2D eigenvalue weighted by Gasteiger charge is -2.34. The molecule has 0 saturated carbocycles. The van der Waals surface area contributed by atoms with Gasteiger partial charge in [-0.1, -0.05) is 29.5 Å². The van der Waals surface area contributed by atoms with Crippen LogP contribution in [0.2, 0.25) is 0 Å². The first-order valence-electron chi connectivity index (χ1n) is 10.6. The Morgan fingerprint density at radius 1 is 1.06 bits per heavy atom. The van der Waals surface area contributed by atoms with Crippen LogP contribution < -0.4 is 0 Å². The van der Waals surface area contributed by atoms with E-state index in [0.717, 1.165) is 29.0 Å². The summed E-state index contributed by atoms with van der Waals surface area (Å²) in [4.78, 5) is 15.3. The number of nitrogens with zero attached hydrogens (tertiary/aromatic N) is 6. The summed E-state index contributed by atoms with van der Waals surface area (Å²) in [6.45, 7) is 4.55. The average molecular weight is 448 g/mol. The number of hydrogen-bond donors (Lipinski definition) is 0. The number of amides is 1. The maximum Gasteiger partial charge on any atom is 0.276 e. The van der Waals surface area contributed by atoms with Gasteiger partial charge in [-0.3, -0.25) is 9.48 Å². The molecular weight excluding hydrogens is 426 g/mol. The summed E-state index contributed by atoms with van der Waals surface area (Å²) >= 11 is 0. The van der Waals surface area contributed by atoms with Gasteiger partial charge >= 0.3 is 0 Å². The number of aromatic nitrogens is 5. The summed E-state index contributed by atoms with van der Waals surface area (Å²) in [5.41, 5.74) is 4.90. The minimum atomic E-state index is -0.777. The van der Waals surface area contributed by atoms with Crippen molar-refractivity contribution >= 4 is 5.91 Å². The number of fused-ring (bicyclic) bond motifs is 1. The zero-order valence-corrected chi connectivity index (χ0v) is 18.5. The first kappa shape index (κ1) is 21.0. The summed E-state index contributed by atoms with van der Waals surface area (Å²) in [5, 5.41) is 12.4. The van der Waals surface area contributed by atoms with Gasteiger partial charge in [-0.25, -0.2) is 13.5 Å². The van der Waals surface area contributed by atoms with Crippen molar-refractivity contribution in [3.05, 3.63) is 94.1 Å². The number of benzene rings is 2. The molecule has 0 radical (unpaired) electrons. The van der Waals surface area contributed by atoms with Crippen LogP contribution in [-0.4, -0.2) is 42.1 Å². The summed E-state index contributed by atoms with van der Waals surface area (Å²) < 4.78 is 30.7. The van der Waals surface area contributed by atoms with E-state index in [1.807, 2.05) is 43.0 Å². The number of hydrogen-bond acceptors (Lipinski definition) is 4. The minimum Gasteiger partial charge on any atom is -0.332 e. The van der Waals surface area contributed by atoms with Crippen LogP contribution in [0.3, 0.4) is 0 Å². The highest BCUT2D eigenvalue weighted by molar-refractivity contribution is 5.93. The zero-order valence-electron chi connectivity index (χ0n) is 18.5. The second-order valence-corrected chi connectivity index (χ2v) is 8.28. The molecule has 3 heterocycles. The van der Waals surface area contributed by atoms with Gasteiger partial charge in [0.1, 0.15) is 11.5 Å². The van der Waals surface area contributed by atoms with E-state index in [-0.39, 0.29) is 23.2 Å². The molecule has 0 saturated heterocycles. The van der Waals surface area contributed by atoms with Gasteiger partial charge < -0.3 is 4.90 Å². The monoisotopic (exact) mass is 448 g/mol. The Bertz CT molecular complexity index is 1380. The minimum absolute atomic E-state index is 0.0301. The smallest absolute Gasteiger partial charge is 0.276 e. The van der Waals surface area contributed by atoms with E-state index in [1.54, 1.807) is 11.8 Å². The molecule has 2 aromatic carbocycles. The standard InChI is InChI=1S/C24H22F2N6O/c1-14-19(11-27-30(14)3)20-13-31(12-16-6-4-5-7-18(16)20)24(33)23-15(2)32(29-28-23)22-9-8-17(25)10-21(22)26/h4-11,20H,12-13H2,1-3H3. The molecule has 5 rings (SSSR count). The largest absolute Gasteiger partial charge is 0.332 e. The lowest BCUT2D eigenvalue weighted by atomic mass is 9.84. The molecule has 4 aromatic rings. The van der Waals surface area contributed by atoms with Crippen LogP contribution in [0.5, 0.6) is 0 Å². The Labute approximate surface area is 189 Å². The number of carbonyl (C=O) groups excluding carboxylic acids is 1. The molecule has 168 valence electrons. The summed E-state index contributed by atoms with van der Waals surface area (Å²) in [6.07, 6.45) is 1.85. The number of aryl methyl sites for hydroxylation is 1. The second-order valence-electron chi connectivity index (χ2n) is 8.28. The highest BCUT2D eigenvalue weighted by atomic mass is 19.1. The molecule has 0 spiro atoms. The normalized spacial score (nSPS) is 15.5. The number of carbonyl (C=O) groups is 1. The van der Waals surface area contributed by atoms with Gasteiger partial charge in [-0.15, -0.1) is 5.10 Å². The molecule has 7 nitrogen and oxygen atoms in total. The number of rotatable bonds is 3. The topological polar surface area (TPSA) is 68.8 Å². The van der Waals surface area contributed by atoms with Crippen molar-refractivity contribution in [1.82, 2.24) is 29.7 Å². The highest BCUT2D eigenvalue weighted by Crippen LogP contribution is 2.35. The Morgan fingerprint density at radius 3 is 2.58 bits per heavy atom. The Morgan fingerprint density at radius 2 is 1.85 bits per heavy atom. The Hall–Kier alpha value is -3.88. The fourth-order valence-electron chi connectivity index (χ4n) is 4.44. The first-order chi connectivity index (χ1) is 15.8. The lowest BCUT2D eigenvalue weighted by Crippen LogP contribution is -2.39. The van der Waals surface area contributed by atoms with Gasteiger partial charge in [0, 0.05) is 43.4 Å². The van der Waals surface area contributed by atoms with Crippen molar-refractivity contribution in [3.8, 4) is 5.69 Å². The van der Waals surface area contributed by atoms with Gasteiger partial charge in [0.2, 0.25) is 0 Å². The Kier molecular flexibility index (Phi) is 5.03. The van der Waals surface area contributed by atoms with Crippen LogP contribution >= 0.6 is 0 Å². The molecule has 2 aromatic heterocycles. The van der Waals surface area contributed by atoms with Crippen LogP contribution in [0.15, 0.2) is 48.7 Å². The summed E-state index contributed by atoms with van der Waals surface area (Å²) in [5.74, 6) is -1.78. The molecule has 33 heavy (non-hydrogen) atoms. The second kappa shape index (κ2) is 7.91. The fraction of sp³-hybridized carbons (Fsp3) is 0.250. The molecule has 0 bridgehead atoms. The van der Waals surface area contributed by atoms with Gasteiger partial charge in [0.25, 0.3) is 5.91 Å². The lowest BCUT2D eigenvalue weighted by molar-refractivity contribution is 0.0718. The van der Waals surface area contributed by atoms with E-state index in [4.69, 9.17) is 0 Å². The predicted octanol–water partition coefficient (Wildman–Crippen LogP) is 3.68. The third-order valence-corrected chi connectivity index (χ3v) is 6.37. The molecule has 0 aliphatic carbocycles. The van der Waals surface area contributed by atoms with Crippen molar-refractivity contribution < 1.29 is 13.6 Å². The third-order valence-electron chi connectivity index (χ3n) is 6.37. The average Bonchev–Trinajstić information content (AvgIpc) is 3.34. The van der Waals surface area contributed by atoms with Crippen LogP contribution in [0.25, 0.3) is 5.69 Å². The zero-order chi connectivity index (χ0) is 23.3. The van der Waals surface area contributed by atoms with Gasteiger partial charge in [0.05, 0.1) is 11.9 Å². The van der Waals surface area contributed by atoms with E-state index < -0.39 is 11.6 Å².